The molecule has 21 nitrogen and oxygen atoms in total. The quantitative estimate of drug-likeness (QED) is 0.0392. The molecule has 0 aliphatic heterocycles. The maximum atomic E-state index is 14.5. The Bertz CT molecular complexity index is 1980. The Labute approximate surface area is 424 Å². The third kappa shape index (κ3) is 23.9. The number of carboxylic acid groups (broad SMARTS) is 1. The van der Waals surface area contributed by atoms with Gasteiger partial charge in [-0.1, -0.05) is 94.8 Å². The monoisotopic (exact) mass is 1010 g/mol. The van der Waals surface area contributed by atoms with E-state index >= 15 is 0 Å². The van der Waals surface area contributed by atoms with E-state index in [2.05, 4.69) is 37.2 Å². The van der Waals surface area contributed by atoms with E-state index in [1.165, 1.54) is 0 Å². The van der Waals surface area contributed by atoms with Crippen molar-refractivity contribution in [3.63, 3.8) is 0 Å². The Morgan fingerprint density at radius 1 is 0.431 bits per heavy atom. The molecule has 0 aromatic heterocycles. The minimum absolute atomic E-state index is 0.0134. The Balaban J connectivity index is 2.46. The molecule has 21 heteroatoms. The van der Waals surface area contributed by atoms with Crippen LogP contribution in [0.2, 0.25) is 0 Å². The van der Waals surface area contributed by atoms with E-state index < -0.39 is 102 Å². The Hall–Kier alpha value is -6.00. The van der Waals surface area contributed by atoms with Crippen molar-refractivity contribution in [2.45, 2.75) is 160 Å². The minimum Gasteiger partial charge on any atom is -0.480 e. The largest absolute Gasteiger partial charge is 0.480 e. The number of aliphatic hydroxyl groups is 1. The highest BCUT2D eigenvalue weighted by Crippen LogP contribution is 2.13. The van der Waals surface area contributed by atoms with Gasteiger partial charge in [-0.05, 0) is 107 Å². The third-order valence-corrected chi connectivity index (χ3v) is 11.8. The average Bonchev–Trinajstić information content (AvgIpc) is 3.34. The van der Waals surface area contributed by atoms with E-state index in [1.54, 1.807) is 60.7 Å². The lowest BCUT2D eigenvalue weighted by molar-refractivity contribution is -0.142. The van der Waals surface area contributed by atoms with Gasteiger partial charge in [-0.3, -0.25) is 33.6 Å². The smallest absolute Gasteiger partial charge is 0.326 e. The van der Waals surface area contributed by atoms with E-state index in [9.17, 15) is 48.6 Å². The highest BCUT2D eigenvalue weighted by molar-refractivity contribution is 5.97. The van der Waals surface area contributed by atoms with E-state index in [0.717, 1.165) is 0 Å². The first-order valence-electron chi connectivity index (χ1n) is 25.2. The van der Waals surface area contributed by atoms with E-state index in [-0.39, 0.29) is 56.9 Å². The second-order valence-electron chi connectivity index (χ2n) is 19.0. The van der Waals surface area contributed by atoms with Crippen LogP contribution in [0.25, 0.3) is 0 Å². The second kappa shape index (κ2) is 34.4. The van der Waals surface area contributed by atoms with Gasteiger partial charge in [0.25, 0.3) is 0 Å². The number of aliphatic carboxylic acids is 1. The van der Waals surface area contributed by atoms with Gasteiger partial charge in [0.15, 0.2) is 0 Å². The van der Waals surface area contributed by atoms with Crippen molar-refractivity contribution in [2.24, 2.45) is 34.8 Å². The van der Waals surface area contributed by atoms with Crippen molar-refractivity contribution in [2.75, 3.05) is 26.2 Å². The fourth-order valence-electron chi connectivity index (χ4n) is 7.78. The Morgan fingerprint density at radius 2 is 0.750 bits per heavy atom. The summed E-state index contributed by atoms with van der Waals surface area (Å²) in [6, 6.07) is 7.80. The molecule has 0 bridgehead atoms. The molecule has 2 aromatic carbocycles. The summed E-state index contributed by atoms with van der Waals surface area (Å²) in [5, 5.41) is 38.7. The van der Waals surface area contributed by atoms with Crippen molar-refractivity contribution in [1.29, 1.82) is 0 Å². The number of hydrogen-bond donors (Lipinski definition) is 13. The Morgan fingerprint density at radius 3 is 1.14 bits per heavy atom. The first-order valence-corrected chi connectivity index (χ1v) is 25.2. The number of nitrogens with two attached hydrogens (primary N) is 4. The van der Waals surface area contributed by atoms with Gasteiger partial charge < -0.3 is 70.4 Å². The van der Waals surface area contributed by atoms with Gasteiger partial charge in [-0.15, -0.1) is 0 Å². The number of rotatable bonds is 36. The zero-order valence-corrected chi connectivity index (χ0v) is 42.5. The SMILES string of the molecule is CC(C)C[C@@H](NC(=O)[C@H](Cc1ccccc1)NC(=O)[C@@H](CC(C)C)NC(=O)[C@H](Cc1ccccc1)NC(=O)[C@@H](CCCCN)NC(=O)[C@H](CCCCN)NC(=O)[C@@H](CO)NC(=O)[C@@H](N)CCCCN)C(=O)O. The lowest BCUT2D eigenvalue weighted by Crippen LogP contribution is -2.61. The molecule has 0 aliphatic rings. The van der Waals surface area contributed by atoms with Crippen LogP contribution in [-0.2, 0) is 51.2 Å². The third-order valence-electron chi connectivity index (χ3n) is 11.8. The summed E-state index contributed by atoms with van der Waals surface area (Å²) in [6.07, 6.45) is 3.69. The Kier molecular flexibility index (Phi) is 29.7. The summed E-state index contributed by atoms with van der Waals surface area (Å²) in [5.74, 6) is -6.64. The summed E-state index contributed by atoms with van der Waals surface area (Å²) >= 11 is 0. The number of nitrogens with one attached hydrogen (secondary N) is 7. The van der Waals surface area contributed by atoms with Crippen LogP contribution in [0, 0.1) is 11.8 Å². The van der Waals surface area contributed by atoms with Crippen LogP contribution in [0.15, 0.2) is 60.7 Å². The van der Waals surface area contributed by atoms with Crippen LogP contribution in [0.5, 0.6) is 0 Å². The van der Waals surface area contributed by atoms with Gasteiger partial charge >= 0.3 is 5.97 Å². The highest BCUT2D eigenvalue weighted by Gasteiger charge is 2.35. The average molecular weight is 1010 g/mol. The molecule has 17 N–H and O–H groups in total. The molecule has 0 radical (unpaired) electrons. The molecule has 0 spiro atoms. The summed E-state index contributed by atoms with van der Waals surface area (Å²) in [4.78, 5) is 110. The first-order chi connectivity index (χ1) is 34.3. The molecule has 0 aliphatic carbocycles. The van der Waals surface area contributed by atoms with Gasteiger partial charge in [-0.25, -0.2) is 4.79 Å². The molecule has 8 atom stereocenters. The van der Waals surface area contributed by atoms with Crippen molar-refractivity contribution >= 4 is 47.3 Å². The molecular formula is C51H83N11O10. The minimum atomic E-state index is -1.45. The summed E-state index contributed by atoms with van der Waals surface area (Å²) in [6.45, 7) is 7.54. The molecule has 2 aromatic rings. The predicted molar refractivity (Wildman–Crippen MR) is 274 cm³/mol. The van der Waals surface area contributed by atoms with Crippen LogP contribution >= 0.6 is 0 Å². The maximum absolute atomic E-state index is 14.5. The molecular weight excluding hydrogens is 927 g/mol. The van der Waals surface area contributed by atoms with Crippen molar-refractivity contribution in [3.05, 3.63) is 71.8 Å². The lowest BCUT2D eigenvalue weighted by Gasteiger charge is -2.28. The van der Waals surface area contributed by atoms with Crippen molar-refractivity contribution < 1.29 is 48.6 Å². The normalized spacial score (nSPS) is 14.6. The van der Waals surface area contributed by atoms with Crippen molar-refractivity contribution in [3.8, 4) is 0 Å². The van der Waals surface area contributed by atoms with Gasteiger partial charge in [0.1, 0.15) is 42.3 Å². The van der Waals surface area contributed by atoms with Gasteiger partial charge in [0.05, 0.1) is 12.6 Å². The standard InChI is InChI=1S/C51H83N11O10/c1-32(2)27-39(47(67)60-41(30-35-19-9-6-10-20-35)49(69)61-42(51(71)72)28-33(3)4)58-48(68)40(29-34-17-7-5-8-18-34)59-46(66)38(23-13-16-26-54)56-45(65)37(22-12-15-25-53)57-50(70)43(31-63)62-44(64)36(55)21-11-14-24-52/h5-10,17-20,32-33,36-43,63H,11-16,21-31,52-55H2,1-4H3,(H,56,65)(H,57,70)(H,58,68)(H,59,66)(H,60,67)(H,61,69)(H,62,64)(H,71,72)/t36-,37-,38+,39+,40-,41-,42+,43+/m0/s1. The van der Waals surface area contributed by atoms with Gasteiger partial charge in [0.2, 0.25) is 41.4 Å². The van der Waals surface area contributed by atoms with Gasteiger partial charge in [0, 0.05) is 12.8 Å². The molecule has 7 amide bonds. The van der Waals surface area contributed by atoms with Gasteiger partial charge in [-0.2, -0.15) is 0 Å². The first kappa shape index (κ1) is 62.1. The zero-order chi connectivity index (χ0) is 53.6. The number of amides is 7. The van der Waals surface area contributed by atoms with E-state index in [4.69, 9.17) is 22.9 Å². The summed E-state index contributed by atoms with van der Waals surface area (Å²) in [5.41, 5.74) is 24.4. The lowest BCUT2D eigenvalue weighted by atomic mass is 9.99. The molecule has 0 fully saturated rings. The fraction of sp³-hybridized carbons (Fsp3) is 0.608. The number of hydrogen-bond acceptors (Lipinski definition) is 13. The molecule has 72 heavy (non-hydrogen) atoms. The summed E-state index contributed by atoms with van der Waals surface area (Å²) in [7, 11) is 0. The molecule has 2 rings (SSSR count). The van der Waals surface area contributed by atoms with Crippen LogP contribution in [0.1, 0.15) is 109 Å². The van der Waals surface area contributed by atoms with Crippen LogP contribution in [0.4, 0.5) is 0 Å². The number of carbonyl (C=O) groups is 8. The molecule has 0 unspecified atom stereocenters. The van der Waals surface area contributed by atoms with Crippen LogP contribution in [0.3, 0.4) is 0 Å². The summed E-state index contributed by atoms with van der Waals surface area (Å²) < 4.78 is 0. The molecule has 0 saturated heterocycles. The molecule has 0 saturated carbocycles. The van der Waals surface area contributed by atoms with E-state index in [0.29, 0.717) is 69.2 Å². The number of unbranched alkanes of at least 4 members (excludes halogenated alkanes) is 3. The second-order valence-corrected chi connectivity index (χ2v) is 19.0. The number of aliphatic hydroxyl groups excluding tert-OH is 1. The highest BCUT2D eigenvalue weighted by atomic mass is 16.4. The van der Waals surface area contributed by atoms with Crippen LogP contribution < -0.4 is 60.2 Å². The van der Waals surface area contributed by atoms with Crippen LogP contribution in [-0.4, -0.2) is 132 Å². The van der Waals surface area contributed by atoms with E-state index in [1.807, 2.05) is 27.7 Å². The molecule has 0 heterocycles. The zero-order valence-electron chi connectivity index (χ0n) is 42.5. The fourth-order valence-corrected chi connectivity index (χ4v) is 7.78. The van der Waals surface area contributed by atoms with Crippen molar-refractivity contribution in [1.82, 2.24) is 37.2 Å². The topological polar surface area (TPSA) is 365 Å². The number of carboxylic acids is 1. The molecule has 402 valence electrons. The number of carbonyl (C=O) groups excluding carboxylic acids is 7. The maximum Gasteiger partial charge on any atom is 0.326 e. The predicted octanol–water partition coefficient (Wildman–Crippen LogP) is -0.251. The number of benzene rings is 2.